The molecule has 82 valence electrons. The van der Waals surface area contributed by atoms with Crippen molar-refractivity contribution in [1.82, 2.24) is 0 Å². The molecule has 0 unspecified atom stereocenters. The molecular weight excluding hydrogens is 168 g/mol. The second-order valence-electron chi connectivity index (χ2n) is 5.55. The third-order valence-electron chi connectivity index (χ3n) is 3.69. The van der Waals surface area contributed by atoms with E-state index in [4.69, 9.17) is 0 Å². The summed E-state index contributed by atoms with van der Waals surface area (Å²) in [6.07, 6.45) is 14.7. The molecule has 0 aromatic rings. The molecule has 0 aromatic carbocycles. The van der Waals surface area contributed by atoms with Crippen LogP contribution in [0.3, 0.4) is 0 Å². The minimum atomic E-state index is 0.505. The van der Waals surface area contributed by atoms with Gasteiger partial charge in [0.25, 0.3) is 0 Å². The van der Waals surface area contributed by atoms with Crippen LogP contribution < -0.4 is 0 Å². The van der Waals surface area contributed by atoms with Gasteiger partial charge >= 0.3 is 0 Å². The smallest absolute Gasteiger partial charge is 0.0234 e. The highest BCUT2D eigenvalue weighted by molar-refractivity contribution is 4.92. The van der Waals surface area contributed by atoms with E-state index in [9.17, 15) is 0 Å². The molecule has 0 radical (unpaired) electrons. The Hall–Kier alpha value is -0.260. The Balaban J connectivity index is 2.25. The molecule has 1 aliphatic rings. The summed E-state index contributed by atoms with van der Waals surface area (Å²) < 4.78 is 0. The molecule has 0 saturated heterocycles. The lowest BCUT2D eigenvalue weighted by Gasteiger charge is -2.21. The molecule has 0 amide bonds. The minimum absolute atomic E-state index is 0.505. The summed E-state index contributed by atoms with van der Waals surface area (Å²) in [6, 6.07) is 0. The number of rotatable bonds is 4. The summed E-state index contributed by atoms with van der Waals surface area (Å²) in [5.41, 5.74) is 0.505. The Labute approximate surface area is 89.8 Å². The van der Waals surface area contributed by atoms with Crippen LogP contribution >= 0.6 is 0 Å². The van der Waals surface area contributed by atoms with Crippen LogP contribution in [0.2, 0.25) is 0 Å². The summed E-state index contributed by atoms with van der Waals surface area (Å²) in [5, 5.41) is 0. The first-order valence-corrected chi connectivity index (χ1v) is 6.31. The summed E-state index contributed by atoms with van der Waals surface area (Å²) >= 11 is 0. The summed E-state index contributed by atoms with van der Waals surface area (Å²) in [7, 11) is 0. The first-order chi connectivity index (χ1) is 6.64. The average Bonchev–Trinajstić information content (AvgIpc) is 2.19. The van der Waals surface area contributed by atoms with Crippen LogP contribution in [-0.2, 0) is 0 Å². The SMILES string of the molecule is CCC(C)(C)C/C=C/C1CCCCC1. The lowest BCUT2D eigenvalue weighted by Crippen LogP contribution is -2.08. The van der Waals surface area contributed by atoms with Gasteiger partial charge in [0.1, 0.15) is 0 Å². The molecule has 0 aliphatic heterocycles. The topological polar surface area (TPSA) is 0 Å². The van der Waals surface area contributed by atoms with Gasteiger partial charge in [0.2, 0.25) is 0 Å². The Morgan fingerprint density at radius 1 is 1.14 bits per heavy atom. The van der Waals surface area contributed by atoms with Crippen molar-refractivity contribution in [3.05, 3.63) is 12.2 Å². The molecule has 1 rings (SSSR count). The Bertz CT molecular complexity index is 170. The van der Waals surface area contributed by atoms with Gasteiger partial charge in [-0.15, -0.1) is 0 Å². The first kappa shape index (κ1) is 11.8. The number of allylic oxidation sites excluding steroid dienone is 2. The van der Waals surface area contributed by atoms with E-state index < -0.39 is 0 Å². The van der Waals surface area contributed by atoms with Crippen LogP contribution in [0, 0.1) is 11.3 Å². The largest absolute Gasteiger partial charge is 0.0877 e. The van der Waals surface area contributed by atoms with Crippen LogP contribution in [0.4, 0.5) is 0 Å². The first-order valence-electron chi connectivity index (χ1n) is 6.31. The normalized spacial score (nSPS) is 20.5. The number of hydrogen-bond donors (Lipinski definition) is 0. The van der Waals surface area contributed by atoms with Crippen molar-refractivity contribution in [1.29, 1.82) is 0 Å². The van der Waals surface area contributed by atoms with E-state index >= 15 is 0 Å². The van der Waals surface area contributed by atoms with E-state index in [1.165, 1.54) is 44.9 Å². The van der Waals surface area contributed by atoms with Crippen molar-refractivity contribution in [3.8, 4) is 0 Å². The molecule has 0 nitrogen and oxygen atoms in total. The Kier molecular flexibility index (Phi) is 4.71. The highest BCUT2D eigenvalue weighted by Crippen LogP contribution is 2.28. The van der Waals surface area contributed by atoms with Gasteiger partial charge in [-0.25, -0.2) is 0 Å². The van der Waals surface area contributed by atoms with Gasteiger partial charge in [-0.2, -0.15) is 0 Å². The van der Waals surface area contributed by atoms with Gasteiger partial charge in [-0.3, -0.25) is 0 Å². The summed E-state index contributed by atoms with van der Waals surface area (Å²) in [4.78, 5) is 0. The molecule has 1 aliphatic carbocycles. The van der Waals surface area contributed by atoms with E-state index in [-0.39, 0.29) is 0 Å². The van der Waals surface area contributed by atoms with Gasteiger partial charge in [-0.05, 0) is 30.6 Å². The monoisotopic (exact) mass is 194 g/mol. The van der Waals surface area contributed by atoms with Gasteiger partial charge in [0.05, 0.1) is 0 Å². The second kappa shape index (κ2) is 5.58. The fourth-order valence-corrected chi connectivity index (χ4v) is 2.05. The molecule has 0 bridgehead atoms. The lowest BCUT2D eigenvalue weighted by molar-refractivity contribution is 0.354. The zero-order valence-corrected chi connectivity index (χ0v) is 10.2. The van der Waals surface area contributed by atoms with Crippen molar-refractivity contribution in [2.24, 2.45) is 11.3 Å². The second-order valence-corrected chi connectivity index (χ2v) is 5.55. The maximum absolute atomic E-state index is 2.48. The fourth-order valence-electron chi connectivity index (χ4n) is 2.05. The Morgan fingerprint density at radius 3 is 2.36 bits per heavy atom. The maximum Gasteiger partial charge on any atom is -0.0234 e. The van der Waals surface area contributed by atoms with Crippen molar-refractivity contribution < 1.29 is 0 Å². The zero-order chi connectivity index (χ0) is 10.4. The molecule has 1 fully saturated rings. The van der Waals surface area contributed by atoms with Crippen molar-refractivity contribution in [2.75, 3.05) is 0 Å². The highest BCUT2D eigenvalue weighted by atomic mass is 14.2. The predicted molar refractivity (Wildman–Crippen MR) is 64.4 cm³/mol. The summed E-state index contributed by atoms with van der Waals surface area (Å²) in [5.74, 6) is 0.899. The van der Waals surface area contributed by atoms with Gasteiger partial charge in [-0.1, -0.05) is 58.6 Å². The third kappa shape index (κ3) is 4.30. The van der Waals surface area contributed by atoms with Crippen molar-refractivity contribution >= 4 is 0 Å². The van der Waals surface area contributed by atoms with Crippen molar-refractivity contribution in [3.63, 3.8) is 0 Å². The van der Waals surface area contributed by atoms with Crippen LogP contribution in [0.25, 0.3) is 0 Å². The molecular formula is C14H26. The van der Waals surface area contributed by atoms with E-state index in [1.807, 2.05) is 0 Å². The van der Waals surface area contributed by atoms with E-state index in [1.54, 1.807) is 0 Å². The third-order valence-corrected chi connectivity index (χ3v) is 3.69. The van der Waals surface area contributed by atoms with Crippen LogP contribution in [0.5, 0.6) is 0 Å². The fraction of sp³-hybridized carbons (Fsp3) is 0.857. The molecule has 1 saturated carbocycles. The molecule has 14 heavy (non-hydrogen) atoms. The molecule has 0 heteroatoms. The van der Waals surface area contributed by atoms with Gasteiger partial charge < -0.3 is 0 Å². The maximum atomic E-state index is 2.48. The van der Waals surface area contributed by atoms with E-state index in [2.05, 4.69) is 32.9 Å². The quantitative estimate of drug-likeness (QED) is 0.555. The Morgan fingerprint density at radius 2 is 1.79 bits per heavy atom. The molecule has 0 spiro atoms. The molecule has 0 aromatic heterocycles. The minimum Gasteiger partial charge on any atom is -0.0877 e. The van der Waals surface area contributed by atoms with Gasteiger partial charge in [0, 0.05) is 0 Å². The number of hydrogen-bond acceptors (Lipinski definition) is 0. The molecule has 0 N–H and O–H groups in total. The van der Waals surface area contributed by atoms with Gasteiger partial charge in [0.15, 0.2) is 0 Å². The van der Waals surface area contributed by atoms with Crippen LogP contribution in [0.1, 0.15) is 65.7 Å². The van der Waals surface area contributed by atoms with E-state index in [0.717, 1.165) is 5.92 Å². The molecule has 0 atom stereocenters. The standard InChI is InChI=1S/C14H26/c1-4-14(2,3)12-8-11-13-9-6-5-7-10-13/h8,11,13H,4-7,9-10,12H2,1-3H3/b11-8+. The summed E-state index contributed by atoms with van der Waals surface area (Å²) in [6.45, 7) is 7.00. The van der Waals surface area contributed by atoms with Crippen LogP contribution in [-0.4, -0.2) is 0 Å². The zero-order valence-electron chi connectivity index (χ0n) is 10.2. The predicted octanol–water partition coefficient (Wildman–Crippen LogP) is 4.95. The van der Waals surface area contributed by atoms with Crippen molar-refractivity contribution in [2.45, 2.75) is 65.7 Å². The highest BCUT2D eigenvalue weighted by Gasteiger charge is 2.13. The van der Waals surface area contributed by atoms with Crippen LogP contribution in [0.15, 0.2) is 12.2 Å². The lowest BCUT2D eigenvalue weighted by atomic mass is 9.84. The van der Waals surface area contributed by atoms with E-state index in [0.29, 0.717) is 5.41 Å². The average molecular weight is 194 g/mol. The molecule has 0 heterocycles.